The lowest BCUT2D eigenvalue weighted by Crippen LogP contribution is -2.08. The Morgan fingerprint density at radius 2 is 1.41 bits per heavy atom. The van der Waals surface area contributed by atoms with E-state index in [9.17, 15) is 9.90 Å². The first-order valence-electron chi connectivity index (χ1n) is 12.1. The fourth-order valence-corrected chi connectivity index (χ4v) is 4.51. The highest BCUT2D eigenvalue weighted by atomic mass is 32.2. The van der Waals surface area contributed by atoms with Gasteiger partial charge in [0.05, 0.1) is 0 Å². The predicted octanol–water partition coefficient (Wildman–Crippen LogP) is 8.45. The van der Waals surface area contributed by atoms with Crippen molar-refractivity contribution in [3.05, 3.63) is 60.2 Å². The molecule has 0 aromatic heterocycles. The molecule has 2 N–H and O–H groups in total. The van der Waals surface area contributed by atoms with E-state index in [4.69, 9.17) is 0 Å². The zero-order chi connectivity index (χ0) is 23.0. The number of nitrogens with one attached hydrogen (secondary N) is 1. The third-order valence-electron chi connectivity index (χ3n) is 5.56. The van der Waals surface area contributed by atoms with Gasteiger partial charge in [0.2, 0.25) is 5.91 Å². The number of hydrogen-bond acceptors (Lipinski definition) is 3. The van der Waals surface area contributed by atoms with E-state index in [1.807, 2.05) is 30.8 Å². The van der Waals surface area contributed by atoms with Gasteiger partial charge in [-0.3, -0.25) is 4.79 Å². The average molecular weight is 454 g/mol. The zero-order valence-corrected chi connectivity index (χ0v) is 20.6. The average Bonchev–Trinajstić information content (AvgIpc) is 2.79. The van der Waals surface area contributed by atoms with Crippen molar-refractivity contribution in [1.29, 1.82) is 0 Å². The van der Waals surface area contributed by atoms with E-state index in [1.165, 1.54) is 69.1 Å². The Hall–Kier alpha value is -2.20. The van der Waals surface area contributed by atoms with Gasteiger partial charge in [-0.25, -0.2) is 0 Å². The van der Waals surface area contributed by atoms with Gasteiger partial charge in [0, 0.05) is 16.7 Å². The van der Waals surface area contributed by atoms with Gasteiger partial charge in [0.1, 0.15) is 5.75 Å². The molecule has 2 aromatic carbocycles. The standard InChI is InChI=1S/C28H39NO2S/c1-3-4-5-6-7-8-9-10-11-12-21-32-27-19-15-25(16-20-27)29-28(31)22-23(2)24-13-17-26(30)18-14-24/h13-20,22,30H,3-12,21H2,1-2H3,(H,29,31). The predicted molar refractivity (Wildman–Crippen MR) is 139 cm³/mol. The summed E-state index contributed by atoms with van der Waals surface area (Å²) in [4.78, 5) is 13.5. The van der Waals surface area contributed by atoms with Crippen molar-refractivity contribution in [2.75, 3.05) is 11.1 Å². The van der Waals surface area contributed by atoms with Crippen LogP contribution in [0.2, 0.25) is 0 Å². The van der Waals surface area contributed by atoms with Crippen LogP contribution in [0.3, 0.4) is 0 Å². The van der Waals surface area contributed by atoms with E-state index >= 15 is 0 Å². The lowest BCUT2D eigenvalue weighted by molar-refractivity contribution is -0.111. The van der Waals surface area contributed by atoms with Crippen molar-refractivity contribution in [2.24, 2.45) is 0 Å². The van der Waals surface area contributed by atoms with E-state index in [0.717, 1.165) is 22.6 Å². The van der Waals surface area contributed by atoms with Crippen LogP contribution >= 0.6 is 11.8 Å². The molecule has 32 heavy (non-hydrogen) atoms. The molecule has 0 saturated heterocycles. The zero-order valence-electron chi connectivity index (χ0n) is 19.7. The summed E-state index contributed by atoms with van der Waals surface area (Å²) in [7, 11) is 0. The van der Waals surface area contributed by atoms with Gasteiger partial charge >= 0.3 is 0 Å². The molecule has 0 saturated carbocycles. The van der Waals surface area contributed by atoms with Crippen LogP contribution in [0.4, 0.5) is 5.69 Å². The van der Waals surface area contributed by atoms with E-state index in [-0.39, 0.29) is 11.7 Å². The number of anilines is 1. The van der Waals surface area contributed by atoms with Gasteiger partial charge in [0.25, 0.3) is 0 Å². The number of hydrogen-bond donors (Lipinski definition) is 2. The van der Waals surface area contributed by atoms with Crippen LogP contribution in [0.25, 0.3) is 5.57 Å². The Labute approximate surface area is 198 Å². The lowest BCUT2D eigenvalue weighted by Gasteiger charge is -2.06. The quantitative estimate of drug-likeness (QED) is 0.161. The SMILES string of the molecule is CCCCCCCCCCCCSc1ccc(NC(=O)C=C(C)c2ccc(O)cc2)cc1. The van der Waals surface area contributed by atoms with Crippen LogP contribution in [0.5, 0.6) is 5.75 Å². The number of carbonyl (C=O) groups excluding carboxylic acids is 1. The van der Waals surface area contributed by atoms with Gasteiger partial charge in [0.15, 0.2) is 0 Å². The minimum Gasteiger partial charge on any atom is -0.508 e. The number of phenols is 1. The number of amides is 1. The number of aromatic hydroxyl groups is 1. The van der Waals surface area contributed by atoms with Crippen LogP contribution in [-0.4, -0.2) is 16.8 Å². The molecule has 2 rings (SSSR count). The second-order valence-corrected chi connectivity index (χ2v) is 9.59. The number of rotatable bonds is 15. The van der Waals surface area contributed by atoms with E-state index < -0.39 is 0 Å². The molecule has 0 aliphatic heterocycles. The van der Waals surface area contributed by atoms with E-state index in [2.05, 4.69) is 24.4 Å². The number of phenolic OH excluding ortho intramolecular Hbond substituents is 1. The third-order valence-corrected chi connectivity index (χ3v) is 6.66. The number of carbonyl (C=O) groups is 1. The minimum absolute atomic E-state index is 0.152. The molecule has 0 spiro atoms. The molecule has 0 fully saturated rings. The highest BCUT2D eigenvalue weighted by Gasteiger charge is 2.03. The third kappa shape index (κ3) is 10.9. The molecule has 3 nitrogen and oxygen atoms in total. The van der Waals surface area contributed by atoms with Gasteiger partial charge in [-0.15, -0.1) is 11.8 Å². The molecule has 2 aromatic rings. The van der Waals surface area contributed by atoms with Crippen LogP contribution in [0.15, 0.2) is 59.5 Å². The number of unbranched alkanes of at least 4 members (excludes halogenated alkanes) is 9. The molecule has 0 aliphatic rings. The second-order valence-electron chi connectivity index (χ2n) is 8.42. The maximum absolute atomic E-state index is 12.3. The summed E-state index contributed by atoms with van der Waals surface area (Å²) in [5, 5.41) is 12.3. The summed E-state index contributed by atoms with van der Waals surface area (Å²) in [6.45, 7) is 4.16. The largest absolute Gasteiger partial charge is 0.508 e. The first-order chi connectivity index (χ1) is 15.6. The molecule has 174 valence electrons. The first-order valence-corrected chi connectivity index (χ1v) is 13.1. The maximum atomic E-state index is 12.3. The Bertz CT molecular complexity index is 812. The van der Waals surface area contributed by atoms with Gasteiger partial charge in [-0.1, -0.05) is 76.8 Å². The molecule has 0 unspecified atom stereocenters. The molecule has 0 atom stereocenters. The lowest BCUT2D eigenvalue weighted by atomic mass is 10.1. The van der Waals surface area contributed by atoms with Crippen molar-refractivity contribution in [1.82, 2.24) is 0 Å². The molecular weight excluding hydrogens is 414 g/mol. The van der Waals surface area contributed by atoms with Crippen molar-refractivity contribution in [2.45, 2.75) is 83.0 Å². The Morgan fingerprint density at radius 1 is 0.844 bits per heavy atom. The van der Waals surface area contributed by atoms with Gasteiger partial charge in [-0.2, -0.15) is 0 Å². The topological polar surface area (TPSA) is 49.3 Å². The Kier molecular flexibility index (Phi) is 12.7. The molecular formula is C28H39NO2S. The highest BCUT2D eigenvalue weighted by molar-refractivity contribution is 7.99. The molecule has 0 heterocycles. The van der Waals surface area contributed by atoms with Crippen LogP contribution in [-0.2, 0) is 4.79 Å². The van der Waals surface area contributed by atoms with Crippen molar-refractivity contribution >= 4 is 28.9 Å². The second kappa shape index (κ2) is 15.6. The Balaban J connectivity index is 1.61. The number of benzene rings is 2. The van der Waals surface area contributed by atoms with Gasteiger partial charge in [-0.05, 0) is 66.6 Å². The normalized spacial score (nSPS) is 11.5. The van der Waals surface area contributed by atoms with Crippen molar-refractivity contribution < 1.29 is 9.90 Å². The first kappa shape index (κ1) is 26.1. The number of allylic oxidation sites excluding steroid dienone is 1. The maximum Gasteiger partial charge on any atom is 0.248 e. The van der Waals surface area contributed by atoms with Gasteiger partial charge < -0.3 is 10.4 Å². The smallest absolute Gasteiger partial charge is 0.248 e. The summed E-state index contributed by atoms with van der Waals surface area (Å²) in [5.74, 6) is 1.22. The fraction of sp³-hybridized carbons (Fsp3) is 0.464. The summed E-state index contributed by atoms with van der Waals surface area (Å²) >= 11 is 1.89. The van der Waals surface area contributed by atoms with E-state index in [0.29, 0.717) is 0 Å². The number of thioether (sulfide) groups is 1. The summed E-state index contributed by atoms with van der Waals surface area (Å²) in [6, 6.07) is 14.9. The molecule has 4 heteroatoms. The molecule has 0 bridgehead atoms. The molecule has 1 amide bonds. The van der Waals surface area contributed by atoms with Crippen LogP contribution < -0.4 is 5.32 Å². The highest BCUT2D eigenvalue weighted by Crippen LogP contribution is 2.23. The summed E-state index contributed by atoms with van der Waals surface area (Å²) in [6.07, 6.45) is 15.2. The van der Waals surface area contributed by atoms with Crippen molar-refractivity contribution in [3.8, 4) is 5.75 Å². The van der Waals surface area contributed by atoms with Crippen LogP contribution in [0.1, 0.15) is 83.6 Å². The monoisotopic (exact) mass is 453 g/mol. The molecule has 0 aliphatic carbocycles. The fourth-order valence-electron chi connectivity index (χ4n) is 3.60. The van der Waals surface area contributed by atoms with Crippen molar-refractivity contribution in [3.63, 3.8) is 0 Å². The summed E-state index contributed by atoms with van der Waals surface area (Å²) < 4.78 is 0. The molecule has 0 radical (unpaired) electrons. The van der Waals surface area contributed by atoms with Crippen LogP contribution in [0, 0.1) is 0 Å². The summed E-state index contributed by atoms with van der Waals surface area (Å²) in [5.41, 5.74) is 2.57. The minimum atomic E-state index is -0.152. The van der Waals surface area contributed by atoms with E-state index in [1.54, 1.807) is 30.3 Å². The Morgan fingerprint density at radius 3 is 2.00 bits per heavy atom.